The molecule has 0 radical (unpaired) electrons. The fourth-order valence-corrected chi connectivity index (χ4v) is 2.14. The molecule has 0 saturated carbocycles. The number of fused-ring (bicyclic) bond motifs is 1. The molecule has 0 aromatic carbocycles. The highest BCUT2D eigenvalue weighted by atomic mass is 16.5. The Bertz CT molecular complexity index is 392. The van der Waals surface area contributed by atoms with Gasteiger partial charge in [0.15, 0.2) is 5.82 Å². The molecule has 0 spiro atoms. The van der Waals surface area contributed by atoms with E-state index in [-0.39, 0.29) is 5.54 Å². The van der Waals surface area contributed by atoms with Crippen LogP contribution in [0.15, 0.2) is 6.33 Å². The Balaban J connectivity index is 2.50. The molecule has 2 rings (SSSR count). The zero-order valence-corrected chi connectivity index (χ0v) is 10.2. The normalized spacial score (nSPS) is 17.6. The van der Waals surface area contributed by atoms with Crippen LogP contribution in [0.3, 0.4) is 0 Å². The summed E-state index contributed by atoms with van der Waals surface area (Å²) < 4.78 is 5.23. The number of rotatable bonds is 2. The molecule has 0 aliphatic carbocycles. The lowest BCUT2D eigenvalue weighted by atomic mass is 10.00. The van der Waals surface area contributed by atoms with Gasteiger partial charge in [-0.15, -0.1) is 0 Å². The van der Waals surface area contributed by atoms with Gasteiger partial charge in [-0.2, -0.15) is 4.98 Å². The number of ether oxygens (including phenoxy) is 1. The fraction of sp³-hybridized carbons (Fsp3) is 0.636. The maximum Gasteiger partial charge on any atom is 0.242 e. The molecule has 1 aliphatic rings. The summed E-state index contributed by atoms with van der Waals surface area (Å²) in [4.78, 5) is 10.7. The van der Waals surface area contributed by atoms with E-state index in [1.54, 1.807) is 13.4 Å². The number of nitrogens with one attached hydrogen (secondary N) is 1. The molecule has 0 saturated heterocycles. The minimum atomic E-state index is 0.0567. The Labute approximate surface area is 95.8 Å². The maximum atomic E-state index is 5.23. The fourth-order valence-electron chi connectivity index (χ4n) is 2.14. The minimum absolute atomic E-state index is 0.0567. The quantitative estimate of drug-likeness (QED) is 0.822. The summed E-state index contributed by atoms with van der Waals surface area (Å²) in [6.45, 7) is 8.30. The Morgan fingerprint density at radius 3 is 2.88 bits per heavy atom. The predicted octanol–water partition coefficient (Wildman–Crippen LogP) is 1.52. The van der Waals surface area contributed by atoms with Crippen LogP contribution in [0.4, 0.5) is 11.5 Å². The zero-order chi connectivity index (χ0) is 11.8. The van der Waals surface area contributed by atoms with Crippen LogP contribution in [0.2, 0.25) is 0 Å². The lowest BCUT2D eigenvalue weighted by Crippen LogP contribution is -2.52. The number of hydrogen-bond donors (Lipinski definition) is 1. The van der Waals surface area contributed by atoms with Crippen molar-refractivity contribution in [3.63, 3.8) is 0 Å². The third-order valence-corrected chi connectivity index (χ3v) is 2.99. The van der Waals surface area contributed by atoms with Crippen molar-refractivity contribution in [3.05, 3.63) is 6.33 Å². The Kier molecular flexibility index (Phi) is 2.61. The van der Waals surface area contributed by atoms with Gasteiger partial charge in [-0.3, -0.25) is 0 Å². The summed E-state index contributed by atoms with van der Waals surface area (Å²) in [6.07, 6.45) is 1.55. The first-order valence-electron chi connectivity index (χ1n) is 5.50. The van der Waals surface area contributed by atoms with Crippen LogP contribution in [0.1, 0.15) is 20.8 Å². The van der Waals surface area contributed by atoms with Gasteiger partial charge in [-0.05, 0) is 20.8 Å². The van der Waals surface area contributed by atoms with Crippen LogP contribution in [-0.4, -0.2) is 35.7 Å². The molecule has 1 N–H and O–H groups in total. The summed E-state index contributed by atoms with van der Waals surface area (Å²) >= 11 is 0. The van der Waals surface area contributed by atoms with Crippen molar-refractivity contribution in [1.29, 1.82) is 0 Å². The Morgan fingerprint density at radius 2 is 2.25 bits per heavy atom. The first kappa shape index (κ1) is 11.0. The van der Waals surface area contributed by atoms with Crippen LogP contribution >= 0.6 is 0 Å². The second kappa shape index (κ2) is 3.81. The number of aromatic nitrogens is 2. The summed E-state index contributed by atoms with van der Waals surface area (Å²) in [6, 6.07) is 0. The van der Waals surface area contributed by atoms with Gasteiger partial charge in [0.2, 0.25) is 5.88 Å². The molecular formula is C11H18N4O. The van der Waals surface area contributed by atoms with Gasteiger partial charge in [-0.25, -0.2) is 4.98 Å². The van der Waals surface area contributed by atoms with Crippen LogP contribution < -0.4 is 15.0 Å². The molecule has 0 bridgehead atoms. The average molecular weight is 222 g/mol. The molecule has 0 amide bonds. The third-order valence-electron chi connectivity index (χ3n) is 2.99. The van der Waals surface area contributed by atoms with E-state index in [0.717, 1.165) is 24.6 Å². The Morgan fingerprint density at radius 1 is 1.50 bits per heavy atom. The van der Waals surface area contributed by atoms with Crippen LogP contribution in [0.25, 0.3) is 0 Å². The van der Waals surface area contributed by atoms with Crippen LogP contribution in [0, 0.1) is 0 Å². The SMILES string of the molecule is CCN1c2ncnc(OC)c2NCC1(C)C. The van der Waals surface area contributed by atoms with Gasteiger partial charge in [0.05, 0.1) is 12.6 Å². The van der Waals surface area contributed by atoms with Gasteiger partial charge in [0.1, 0.15) is 12.0 Å². The van der Waals surface area contributed by atoms with E-state index in [0.29, 0.717) is 5.88 Å². The van der Waals surface area contributed by atoms with Crippen molar-refractivity contribution in [3.8, 4) is 5.88 Å². The van der Waals surface area contributed by atoms with Crippen molar-refractivity contribution < 1.29 is 4.74 Å². The Hall–Kier alpha value is -1.52. The number of anilines is 2. The lowest BCUT2D eigenvalue weighted by molar-refractivity contribution is 0.394. The van der Waals surface area contributed by atoms with Crippen molar-refractivity contribution in [2.24, 2.45) is 0 Å². The van der Waals surface area contributed by atoms with Crippen LogP contribution in [-0.2, 0) is 0 Å². The standard InChI is InChI=1S/C11H18N4O/c1-5-15-9-8(12-6-11(15,2)3)10(16-4)14-7-13-9/h7,12H,5-6H2,1-4H3. The molecule has 0 atom stereocenters. The molecule has 0 fully saturated rings. The van der Waals surface area contributed by atoms with Gasteiger partial charge < -0.3 is 15.0 Å². The zero-order valence-electron chi connectivity index (χ0n) is 10.2. The second-order valence-electron chi connectivity index (χ2n) is 4.49. The summed E-state index contributed by atoms with van der Waals surface area (Å²) in [5, 5.41) is 3.35. The monoisotopic (exact) mass is 222 g/mol. The van der Waals surface area contributed by atoms with E-state index in [4.69, 9.17) is 4.74 Å². The number of methoxy groups -OCH3 is 1. The first-order chi connectivity index (χ1) is 7.60. The summed E-state index contributed by atoms with van der Waals surface area (Å²) in [5.74, 6) is 1.53. The van der Waals surface area contributed by atoms with E-state index in [1.807, 2.05) is 0 Å². The third kappa shape index (κ3) is 1.56. The first-order valence-corrected chi connectivity index (χ1v) is 5.50. The number of likely N-dealkylation sites (N-methyl/N-ethyl adjacent to an activating group) is 1. The van der Waals surface area contributed by atoms with E-state index in [9.17, 15) is 0 Å². The largest absolute Gasteiger partial charge is 0.479 e. The smallest absolute Gasteiger partial charge is 0.242 e. The van der Waals surface area contributed by atoms with Crippen molar-refractivity contribution in [1.82, 2.24) is 9.97 Å². The molecule has 0 unspecified atom stereocenters. The minimum Gasteiger partial charge on any atom is -0.479 e. The number of hydrogen-bond acceptors (Lipinski definition) is 5. The summed E-state index contributed by atoms with van der Waals surface area (Å²) in [7, 11) is 1.63. The molecule has 1 aliphatic heterocycles. The molecule has 1 aromatic rings. The lowest BCUT2D eigenvalue weighted by Gasteiger charge is -2.43. The molecule has 16 heavy (non-hydrogen) atoms. The van der Waals surface area contributed by atoms with E-state index < -0.39 is 0 Å². The van der Waals surface area contributed by atoms with E-state index in [1.165, 1.54) is 0 Å². The molecule has 88 valence electrons. The average Bonchev–Trinajstić information content (AvgIpc) is 2.27. The molecular weight excluding hydrogens is 204 g/mol. The molecule has 5 nitrogen and oxygen atoms in total. The van der Waals surface area contributed by atoms with Crippen molar-refractivity contribution in [2.75, 3.05) is 30.4 Å². The number of nitrogens with zero attached hydrogens (tertiary/aromatic N) is 3. The maximum absolute atomic E-state index is 5.23. The van der Waals surface area contributed by atoms with E-state index >= 15 is 0 Å². The van der Waals surface area contributed by atoms with Crippen LogP contribution in [0.5, 0.6) is 5.88 Å². The van der Waals surface area contributed by atoms with E-state index in [2.05, 4.69) is 41.0 Å². The topological polar surface area (TPSA) is 50.3 Å². The highest BCUT2D eigenvalue weighted by Gasteiger charge is 2.34. The molecule has 2 heterocycles. The van der Waals surface area contributed by atoms with Crippen molar-refractivity contribution >= 4 is 11.5 Å². The van der Waals surface area contributed by atoms with Gasteiger partial charge in [0.25, 0.3) is 0 Å². The predicted molar refractivity (Wildman–Crippen MR) is 64.2 cm³/mol. The van der Waals surface area contributed by atoms with Gasteiger partial charge in [-0.1, -0.05) is 0 Å². The second-order valence-corrected chi connectivity index (χ2v) is 4.49. The molecule has 5 heteroatoms. The summed E-state index contributed by atoms with van der Waals surface area (Å²) in [5.41, 5.74) is 0.951. The van der Waals surface area contributed by atoms with Crippen molar-refractivity contribution in [2.45, 2.75) is 26.3 Å². The highest BCUT2D eigenvalue weighted by Crippen LogP contribution is 2.38. The van der Waals surface area contributed by atoms with Gasteiger partial charge >= 0.3 is 0 Å². The molecule has 1 aromatic heterocycles. The highest BCUT2D eigenvalue weighted by molar-refractivity contribution is 5.74. The van der Waals surface area contributed by atoms with Gasteiger partial charge in [0, 0.05) is 13.1 Å².